The first-order valence-electron chi connectivity index (χ1n) is 24.9. The second-order valence-corrected chi connectivity index (χ2v) is 18.0. The van der Waals surface area contributed by atoms with E-state index in [4.69, 9.17) is 47.9 Å². The predicted octanol–water partition coefficient (Wildman–Crippen LogP) is 6.97. The average Bonchev–Trinajstić information content (AvgIpc) is 4.40. The summed E-state index contributed by atoms with van der Waals surface area (Å²) in [6, 6.07) is 35.9. The topological polar surface area (TPSA) is 280 Å². The SMILES string of the molecule is COC(=O)C(O)COc1cccc(-c2c3nc(c(-c4cccc(OCC(O)C(=O)OC)c4)c4ccc([nH]4)c(-c4cccc(OCC(O)C(=O)OC)c4)c4nc(c(-c5cccc(OCC(O)C(=O)OC)c5)c5ccc2[nH]5)C=C4)C=C3)c1. The van der Waals surface area contributed by atoms with E-state index in [2.05, 4.69) is 9.97 Å². The molecule has 4 aromatic carbocycles. The fourth-order valence-electron chi connectivity index (χ4n) is 8.90. The van der Waals surface area contributed by atoms with Crippen molar-refractivity contribution < 1.29 is 77.5 Å². The largest absolute Gasteiger partial charge is 0.490 e. The number of ether oxygens (including phenoxy) is 8. The fraction of sp³-hybridized carbons (Fsp3) is 0.200. The molecule has 20 heteroatoms. The van der Waals surface area contributed by atoms with Gasteiger partial charge in [-0.2, -0.15) is 0 Å². The maximum absolute atomic E-state index is 12.1. The van der Waals surface area contributed by atoms with Gasteiger partial charge in [0.1, 0.15) is 49.4 Å². The molecule has 20 nitrogen and oxygen atoms in total. The van der Waals surface area contributed by atoms with Crippen LogP contribution < -0.4 is 18.9 Å². The van der Waals surface area contributed by atoms with Crippen molar-refractivity contribution in [2.75, 3.05) is 54.9 Å². The normalized spacial score (nSPS) is 13.1. The van der Waals surface area contributed by atoms with E-state index in [0.717, 1.165) is 0 Å². The molecule has 0 saturated heterocycles. The van der Waals surface area contributed by atoms with Gasteiger partial charge < -0.3 is 68.3 Å². The van der Waals surface area contributed by atoms with Gasteiger partial charge in [0.2, 0.25) is 0 Å². The third kappa shape index (κ3) is 12.4. The number of methoxy groups -OCH3 is 4. The summed E-state index contributed by atoms with van der Waals surface area (Å²) in [5.41, 5.74) is 9.50. The second kappa shape index (κ2) is 24.8. The van der Waals surface area contributed by atoms with Gasteiger partial charge in [-0.15, -0.1) is 0 Å². The number of esters is 4. The molecule has 6 N–H and O–H groups in total. The van der Waals surface area contributed by atoms with Gasteiger partial charge >= 0.3 is 23.9 Å². The molecule has 5 heterocycles. The molecule has 7 aromatic rings. The van der Waals surface area contributed by atoms with E-state index < -0.39 is 48.3 Å². The molecule has 2 aliphatic heterocycles. The van der Waals surface area contributed by atoms with Gasteiger partial charge in [0, 0.05) is 44.3 Å². The van der Waals surface area contributed by atoms with Crippen molar-refractivity contribution in [2.24, 2.45) is 0 Å². The molecule has 3 aromatic heterocycles. The Morgan fingerprint density at radius 2 is 0.600 bits per heavy atom. The Hall–Kier alpha value is -9.60. The number of carbonyl (C=O) groups is 4. The van der Waals surface area contributed by atoms with Crippen LogP contribution in [0.2, 0.25) is 0 Å². The van der Waals surface area contributed by atoms with Crippen LogP contribution in [0.3, 0.4) is 0 Å². The molecule has 4 atom stereocenters. The zero-order valence-corrected chi connectivity index (χ0v) is 43.6. The minimum Gasteiger partial charge on any atom is -0.490 e. The number of benzene rings is 4. The minimum atomic E-state index is -1.54. The van der Waals surface area contributed by atoms with Crippen molar-refractivity contribution in [3.63, 3.8) is 0 Å². The number of aliphatic hydroxyl groups excluding tert-OH is 4. The molecule has 0 fully saturated rings. The molecular weight excluding hydrogens is 1030 g/mol. The van der Waals surface area contributed by atoms with Gasteiger partial charge in [-0.1, -0.05) is 48.5 Å². The van der Waals surface area contributed by atoms with Crippen LogP contribution in [-0.2, 0) is 38.1 Å². The predicted molar refractivity (Wildman–Crippen MR) is 295 cm³/mol. The molecule has 9 rings (SSSR count). The van der Waals surface area contributed by atoms with Crippen molar-refractivity contribution in [2.45, 2.75) is 24.4 Å². The smallest absolute Gasteiger partial charge is 0.338 e. The molecule has 0 radical (unpaired) electrons. The van der Waals surface area contributed by atoms with Crippen LogP contribution in [-0.4, -0.2) is 144 Å². The van der Waals surface area contributed by atoms with Crippen molar-refractivity contribution in [3.8, 4) is 67.5 Å². The molecule has 0 spiro atoms. The summed E-state index contributed by atoms with van der Waals surface area (Å²) in [5, 5.41) is 41.6. The summed E-state index contributed by atoms with van der Waals surface area (Å²) in [6.45, 7) is -1.52. The number of nitrogens with one attached hydrogen (secondary N) is 2. The number of fused-ring (bicyclic) bond motifs is 8. The van der Waals surface area contributed by atoms with E-state index in [9.17, 15) is 39.6 Å². The highest BCUT2D eigenvalue weighted by molar-refractivity contribution is 6.00. The Morgan fingerprint density at radius 3 is 0.812 bits per heavy atom. The lowest BCUT2D eigenvalue weighted by Crippen LogP contribution is -2.28. The van der Waals surface area contributed by atoms with Crippen molar-refractivity contribution in [1.29, 1.82) is 0 Å². The third-order valence-electron chi connectivity index (χ3n) is 12.8. The number of hydrogen-bond donors (Lipinski definition) is 6. The summed E-state index contributed by atoms with van der Waals surface area (Å²) in [4.78, 5) is 66.4. The first kappa shape index (κ1) is 55.2. The number of rotatable bonds is 20. The van der Waals surface area contributed by atoms with E-state index in [0.29, 0.717) is 112 Å². The van der Waals surface area contributed by atoms with Crippen molar-refractivity contribution in [1.82, 2.24) is 19.9 Å². The first-order valence-corrected chi connectivity index (χ1v) is 24.9. The Labute approximate surface area is 457 Å². The molecule has 80 heavy (non-hydrogen) atoms. The summed E-state index contributed by atoms with van der Waals surface area (Å²) >= 11 is 0. The molecule has 0 saturated carbocycles. The Bertz CT molecular complexity index is 3250. The second-order valence-electron chi connectivity index (χ2n) is 18.0. The Kier molecular flexibility index (Phi) is 17.1. The van der Waals surface area contributed by atoms with Crippen molar-refractivity contribution >= 4 is 70.2 Å². The van der Waals surface area contributed by atoms with Gasteiger partial charge in [0.05, 0.1) is 51.2 Å². The number of H-pyrrole nitrogens is 2. The quantitative estimate of drug-likeness (QED) is 0.0332. The molecule has 0 aliphatic carbocycles. The number of aromatic nitrogens is 4. The number of carbonyl (C=O) groups excluding carboxylic acids is 4. The fourth-order valence-corrected chi connectivity index (χ4v) is 8.90. The Morgan fingerprint density at radius 1 is 0.375 bits per heavy atom. The van der Waals surface area contributed by atoms with Gasteiger partial charge in [0.15, 0.2) is 24.4 Å². The Balaban J connectivity index is 1.33. The zero-order valence-electron chi connectivity index (χ0n) is 43.6. The average molecular weight is 1090 g/mol. The maximum atomic E-state index is 12.1. The van der Waals surface area contributed by atoms with Gasteiger partial charge in [0.25, 0.3) is 0 Å². The standard InChI is InChI=1S/C60H54N4O16/c1-73-57(69)49(65)29-77-37-13-5-9-33(25-37)53-41-17-19-43(61-41)54(34-10-6-14-38(26-34)78-30-50(66)58(70)74-2)45-21-23-47(63-45)56(36-12-8-16-40(28-36)80-32-52(68)60(72)76-4)48-24-22-46(64-48)55(44-20-18-42(53)62-44)35-11-7-15-39(27-35)79-31-51(67)59(71)75-3/h5-28,49-52,61,64-68H,29-32H2,1-4H3. The minimum absolute atomic E-state index is 0.335. The number of aromatic amines is 2. The summed E-state index contributed by atoms with van der Waals surface area (Å²) in [5.74, 6) is -2.07. The lowest BCUT2D eigenvalue weighted by atomic mass is 10.0. The van der Waals surface area contributed by atoms with Gasteiger partial charge in [-0.25, -0.2) is 29.1 Å². The summed E-state index contributed by atoms with van der Waals surface area (Å²) in [7, 11) is 4.68. The number of hydrogen-bond acceptors (Lipinski definition) is 18. The van der Waals surface area contributed by atoms with Crippen LogP contribution >= 0.6 is 0 Å². The lowest BCUT2D eigenvalue weighted by Gasteiger charge is -2.13. The highest BCUT2D eigenvalue weighted by Gasteiger charge is 2.23. The highest BCUT2D eigenvalue weighted by Crippen LogP contribution is 2.40. The van der Waals surface area contributed by atoms with Gasteiger partial charge in [-0.3, -0.25) is 0 Å². The third-order valence-corrected chi connectivity index (χ3v) is 12.8. The monoisotopic (exact) mass is 1090 g/mol. The zero-order chi connectivity index (χ0) is 56.5. The van der Waals surface area contributed by atoms with Crippen LogP contribution in [0.15, 0.2) is 121 Å². The summed E-state index contributed by atoms with van der Waals surface area (Å²) in [6.07, 6.45) is 1.31. The highest BCUT2D eigenvalue weighted by atomic mass is 16.6. The van der Waals surface area contributed by atoms with Crippen LogP contribution in [0.5, 0.6) is 23.0 Å². The van der Waals surface area contributed by atoms with E-state index in [-0.39, 0.29) is 26.4 Å². The van der Waals surface area contributed by atoms with Crippen LogP contribution in [0, 0.1) is 0 Å². The summed E-state index contributed by atoms with van der Waals surface area (Å²) < 4.78 is 42.5. The molecule has 4 unspecified atom stereocenters. The molecule has 0 amide bonds. The molecule has 8 bridgehead atoms. The number of aliphatic hydroxyl groups is 4. The van der Waals surface area contributed by atoms with Crippen LogP contribution in [0.1, 0.15) is 22.8 Å². The van der Waals surface area contributed by atoms with Crippen LogP contribution in [0.4, 0.5) is 0 Å². The van der Waals surface area contributed by atoms with E-state index >= 15 is 0 Å². The molecule has 2 aliphatic rings. The maximum Gasteiger partial charge on any atom is 0.338 e. The van der Waals surface area contributed by atoms with E-state index in [1.807, 2.05) is 72.8 Å². The first-order chi connectivity index (χ1) is 38.7. The number of nitrogens with zero attached hydrogens (tertiary/aromatic N) is 2. The van der Waals surface area contributed by atoms with Crippen molar-refractivity contribution in [3.05, 3.63) is 144 Å². The van der Waals surface area contributed by atoms with Crippen LogP contribution in [0.25, 0.3) is 90.9 Å². The van der Waals surface area contributed by atoms with E-state index in [1.165, 1.54) is 28.4 Å². The van der Waals surface area contributed by atoms with Gasteiger partial charge in [-0.05, 0) is 119 Å². The van der Waals surface area contributed by atoms with E-state index in [1.54, 1.807) is 72.8 Å². The molecule has 410 valence electrons. The lowest BCUT2D eigenvalue weighted by molar-refractivity contribution is -0.152. The molecular formula is C60H54N4O16.